The fraction of sp³-hybridized carbons (Fsp3) is 0.100. The summed E-state index contributed by atoms with van der Waals surface area (Å²) >= 11 is 0. The number of nitrogens with two attached hydrogens (primary N) is 2. The molecule has 0 spiro atoms. The van der Waals surface area contributed by atoms with E-state index in [4.69, 9.17) is 27.4 Å². The van der Waals surface area contributed by atoms with Gasteiger partial charge in [0.05, 0.1) is 17.8 Å². The SMILES string of the molecule is N=C(N)c1ccc(-c2[nH]c3cc(C(=N)N)ccc3c2NC(=O)CCC(=O)O)cc1. The van der Waals surface area contributed by atoms with Crippen molar-refractivity contribution in [2.45, 2.75) is 12.8 Å². The van der Waals surface area contributed by atoms with E-state index in [1.165, 1.54) is 0 Å². The number of nitrogen functional groups attached to an aromatic ring is 2. The van der Waals surface area contributed by atoms with Gasteiger partial charge in [0.25, 0.3) is 0 Å². The van der Waals surface area contributed by atoms with Crippen molar-refractivity contribution in [1.82, 2.24) is 4.98 Å². The molecule has 9 N–H and O–H groups in total. The molecule has 0 saturated carbocycles. The predicted octanol–water partition coefficient (Wildman–Crippen LogP) is 2.21. The van der Waals surface area contributed by atoms with Crippen molar-refractivity contribution in [3.63, 3.8) is 0 Å². The number of rotatable bonds is 7. The van der Waals surface area contributed by atoms with Crippen molar-refractivity contribution < 1.29 is 14.7 Å². The maximum Gasteiger partial charge on any atom is 0.303 e. The summed E-state index contributed by atoms with van der Waals surface area (Å²) < 4.78 is 0. The summed E-state index contributed by atoms with van der Waals surface area (Å²) in [6.07, 6.45) is -0.429. The number of carboxylic acids is 1. The minimum absolute atomic E-state index is 0.0542. The molecule has 0 unspecified atom stereocenters. The predicted molar refractivity (Wildman–Crippen MR) is 111 cm³/mol. The van der Waals surface area contributed by atoms with Gasteiger partial charge in [-0.2, -0.15) is 0 Å². The van der Waals surface area contributed by atoms with Crippen molar-refractivity contribution in [2.75, 3.05) is 5.32 Å². The van der Waals surface area contributed by atoms with Crippen LogP contribution in [0.2, 0.25) is 0 Å². The number of amidine groups is 2. The monoisotopic (exact) mass is 392 g/mol. The zero-order chi connectivity index (χ0) is 21.1. The van der Waals surface area contributed by atoms with Crippen molar-refractivity contribution in [2.24, 2.45) is 11.5 Å². The van der Waals surface area contributed by atoms with Gasteiger partial charge in [-0.3, -0.25) is 20.4 Å². The average molecular weight is 392 g/mol. The standard InChI is InChI=1S/C20H20N6O3/c21-19(22)11-3-1-10(2-4-11)17-18(26-15(27)7-8-16(28)29)13-6-5-12(20(23)24)9-14(13)25-17/h1-6,9,25H,7-8H2,(H3,21,22)(H3,23,24)(H,26,27)(H,28,29). The van der Waals surface area contributed by atoms with Crippen LogP contribution in [0, 0.1) is 10.8 Å². The first kappa shape index (κ1) is 19.6. The van der Waals surface area contributed by atoms with Crippen molar-refractivity contribution in [1.29, 1.82) is 10.8 Å². The molecule has 9 heteroatoms. The number of aliphatic carboxylic acids is 1. The van der Waals surface area contributed by atoms with Gasteiger partial charge in [0, 0.05) is 34.0 Å². The molecule has 0 radical (unpaired) electrons. The number of hydrogen-bond acceptors (Lipinski definition) is 4. The van der Waals surface area contributed by atoms with E-state index in [-0.39, 0.29) is 24.5 Å². The summed E-state index contributed by atoms with van der Waals surface area (Å²) in [5.41, 5.74) is 14.7. The van der Waals surface area contributed by atoms with Gasteiger partial charge in [0.15, 0.2) is 0 Å². The molecule has 9 nitrogen and oxygen atoms in total. The summed E-state index contributed by atoms with van der Waals surface area (Å²) in [5.74, 6) is -1.61. The fourth-order valence-corrected chi connectivity index (χ4v) is 2.95. The van der Waals surface area contributed by atoms with Gasteiger partial charge in [0.1, 0.15) is 11.7 Å². The molecular weight excluding hydrogens is 372 g/mol. The second-order valence-corrected chi connectivity index (χ2v) is 6.48. The van der Waals surface area contributed by atoms with E-state index >= 15 is 0 Å². The second-order valence-electron chi connectivity index (χ2n) is 6.48. The number of carboxylic acid groups (broad SMARTS) is 1. The minimum Gasteiger partial charge on any atom is -0.481 e. The van der Waals surface area contributed by atoms with Crippen LogP contribution >= 0.6 is 0 Å². The van der Waals surface area contributed by atoms with Gasteiger partial charge in [-0.25, -0.2) is 0 Å². The van der Waals surface area contributed by atoms with Crippen LogP contribution < -0.4 is 16.8 Å². The Labute approximate surface area is 165 Å². The van der Waals surface area contributed by atoms with Crippen LogP contribution in [0.3, 0.4) is 0 Å². The highest BCUT2D eigenvalue weighted by atomic mass is 16.4. The Morgan fingerprint density at radius 3 is 2.17 bits per heavy atom. The Balaban J connectivity index is 2.08. The minimum atomic E-state index is -1.05. The van der Waals surface area contributed by atoms with E-state index in [1.54, 1.807) is 42.5 Å². The Hall–Kier alpha value is -4.14. The maximum atomic E-state index is 12.3. The smallest absolute Gasteiger partial charge is 0.303 e. The van der Waals surface area contributed by atoms with Crippen LogP contribution in [0.1, 0.15) is 24.0 Å². The number of anilines is 1. The Morgan fingerprint density at radius 2 is 1.59 bits per heavy atom. The molecule has 0 bridgehead atoms. The summed E-state index contributed by atoms with van der Waals surface area (Å²) in [7, 11) is 0. The summed E-state index contributed by atoms with van der Waals surface area (Å²) in [6.45, 7) is 0. The highest BCUT2D eigenvalue weighted by Gasteiger charge is 2.17. The van der Waals surface area contributed by atoms with Crippen molar-refractivity contribution in [3.8, 4) is 11.3 Å². The van der Waals surface area contributed by atoms with Crippen LogP contribution in [0.15, 0.2) is 42.5 Å². The number of benzene rings is 2. The molecule has 1 aromatic heterocycles. The van der Waals surface area contributed by atoms with Gasteiger partial charge < -0.3 is 26.9 Å². The molecule has 0 aliphatic rings. The third kappa shape index (κ3) is 4.24. The van der Waals surface area contributed by atoms with Gasteiger partial charge in [-0.05, 0) is 12.1 Å². The summed E-state index contributed by atoms with van der Waals surface area (Å²) in [6, 6.07) is 12.0. The summed E-state index contributed by atoms with van der Waals surface area (Å²) in [5, 5.41) is 27.4. The number of nitrogens with one attached hydrogen (secondary N) is 4. The Kier molecular flexibility index (Phi) is 5.31. The highest BCUT2D eigenvalue weighted by molar-refractivity contribution is 6.10. The van der Waals surface area contributed by atoms with E-state index in [9.17, 15) is 9.59 Å². The molecule has 0 aliphatic carbocycles. The highest BCUT2D eigenvalue weighted by Crippen LogP contribution is 2.35. The molecule has 1 amide bonds. The van der Waals surface area contributed by atoms with Crippen LogP contribution in [0.4, 0.5) is 5.69 Å². The van der Waals surface area contributed by atoms with Gasteiger partial charge in [-0.1, -0.05) is 30.3 Å². The zero-order valence-corrected chi connectivity index (χ0v) is 15.4. The number of aromatic amines is 1. The number of H-pyrrole nitrogens is 1. The molecule has 0 fully saturated rings. The van der Waals surface area contributed by atoms with Gasteiger partial charge in [0.2, 0.25) is 5.91 Å². The van der Waals surface area contributed by atoms with E-state index in [0.29, 0.717) is 33.4 Å². The number of amides is 1. The normalized spacial score (nSPS) is 10.6. The number of carbonyl (C=O) groups excluding carboxylic acids is 1. The Morgan fingerprint density at radius 1 is 0.966 bits per heavy atom. The first-order valence-corrected chi connectivity index (χ1v) is 8.73. The molecular formula is C20H20N6O3. The maximum absolute atomic E-state index is 12.3. The lowest BCUT2D eigenvalue weighted by molar-refractivity contribution is -0.138. The first-order valence-electron chi connectivity index (χ1n) is 8.73. The third-order valence-corrected chi connectivity index (χ3v) is 4.42. The van der Waals surface area contributed by atoms with E-state index in [1.807, 2.05) is 0 Å². The van der Waals surface area contributed by atoms with Gasteiger partial charge >= 0.3 is 5.97 Å². The quantitative estimate of drug-likeness (QED) is 0.240. The van der Waals surface area contributed by atoms with Crippen molar-refractivity contribution in [3.05, 3.63) is 53.6 Å². The lowest BCUT2D eigenvalue weighted by Gasteiger charge is -2.08. The molecule has 3 rings (SSSR count). The zero-order valence-electron chi connectivity index (χ0n) is 15.4. The molecule has 0 aliphatic heterocycles. The van der Waals surface area contributed by atoms with E-state index in [0.717, 1.165) is 5.56 Å². The van der Waals surface area contributed by atoms with Crippen LogP contribution in [0.5, 0.6) is 0 Å². The van der Waals surface area contributed by atoms with E-state index in [2.05, 4.69) is 10.3 Å². The molecule has 148 valence electrons. The van der Waals surface area contributed by atoms with Crippen molar-refractivity contribution >= 4 is 40.1 Å². The Bertz CT molecular complexity index is 1130. The van der Waals surface area contributed by atoms with Gasteiger partial charge in [-0.15, -0.1) is 0 Å². The molecule has 0 atom stereocenters. The molecule has 3 aromatic rings. The second kappa shape index (κ2) is 7.85. The number of aromatic nitrogens is 1. The molecule has 2 aromatic carbocycles. The van der Waals surface area contributed by atoms with Crippen LogP contribution in [0.25, 0.3) is 22.2 Å². The van der Waals surface area contributed by atoms with E-state index < -0.39 is 11.9 Å². The fourth-order valence-electron chi connectivity index (χ4n) is 2.95. The number of carbonyl (C=O) groups is 2. The third-order valence-electron chi connectivity index (χ3n) is 4.42. The van der Waals surface area contributed by atoms with Crippen LogP contribution in [-0.4, -0.2) is 33.6 Å². The van der Waals surface area contributed by atoms with Crippen LogP contribution in [-0.2, 0) is 9.59 Å². The lowest BCUT2D eigenvalue weighted by atomic mass is 10.1. The average Bonchev–Trinajstić information content (AvgIpc) is 3.04. The molecule has 1 heterocycles. The molecule has 29 heavy (non-hydrogen) atoms. The first-order chi connectivity index (χ1) is 13.8. The number of fused-ring (bicyclic) bond motifs is 1. The topological polar surface area (TPSA) is 182 Å². The number of hydrogen-bond donors (Lipinski definition) is 7. The largest absolute Gasteiger partial charge is 0.481 e. The lowest BCUT2D eigenvalue weighted by Crippen LogP contribution is -2.13. The molecule has 0 saturated heterocycles. The summed E-state index contributed by atoms with van der Waals surface area (Å²) in [4.78, 5) is 26.2.